The van der Waals surface area contributed by atoms with Crippen LogP contribution in [0.3, 0.4) is 0 Å². The van der Waals surface area contributed by atoms with E-state index in [-0.39, 0.29) is 0 Å². The third-order valence-electron chi connectivity index (χ3n) is 2.62. The Labute approximate surface area is 55.4 Å². The van der Waals surface area contributed by atoms with Crippen molar-refractivity contribution >= 4 is 0 Å². The Bertz CT molecular complexity index is 149. The van der Waals surface area contributed by atoms with Gasteiger partial charge in [0.1, 0.15) is 0 Å². The molecule has 1 nitrogen and oxygen atoms in total. The van der Waals surface area contributed by atoms with Crippen molar-refractivity contribution in [1.29, 1.82) is 0 Å². The molecule has 2 bridgehead atoms. The molecule has 1 fully saturated rings. The SMILES string of the molecule is OC1=CCC2CCC1C2. The van der Waals surface area contributed by atoms with Gasteiger partial charge in [0, 0.05) is 5.92 Å². The fourth-order valence-electron chi connectivity index (χ4n) is 2.01. The molecule has 0 spiro atoms. The van der Waals surface area contributed by atoms with E-state index in [0.29, 0.717) is 11.7 Å². The molecule has 0 radical (unpaired) electrons. The quantitative estimate of drug-likeness (QED) is 0.525. The molecule has 0 aromatic heterocycles. The van der Waals surface area contributed by atoms with Crippen LogP contribution in [0.25, 0.3) is 0 Å². The van der Waals surface area contributed by atoms with Crippen LogP contribution in [-0.4, -0.2) is 5.11 Å². The van der Waals surface area contributed by atoms with Gasteiger partial charge < -0.3 is 5.11 Å². The minimum atomic E-state index is 0.545. The second kappa shape index (κ2) is 1.76. The van der Waals surface area contributed by atoms with Crippen LogP contribution < -0.4 is 0 Å². The molecular formula is C8H12O. The molecule has 1 heteroatoms. The zero-order valence-corrected chi connectivity index (χ0v) is 5.51. The van der Waals surface area contributed by atoms with Crippen LogP contribution in [0.2, 0.25) is 0 Å². The molecule has 9 heavy (non-hydrogen) atoms. The summed E-state index contributed by atoms with van der Waals surface area (Å²) < 4.78 is 0. The maximum atomic E-state index is 9.26. The number of hydrogen-bond acceptors (Lipinski definition) is 1. The maximum absolute atomic E-state index is 9.26. The van der Waals surface area contributed by atoms with Crippen molar-refractivity contribution in [2.75, 3.05) is 0 Å². The summed E-state index contributed by atoms with van der Waals surface area (Å²) in [6.45, 7) is 0. The summed E-state index contributed by atoms with van der Waals surface area (Å²) >= 11 is 0. The molecule has 0 aromatic carbocycles. The van der Waals surface area contributed by atoms with Crippen LogP contribution in [0.15, 0.2) is 11.8 Å². The number of rotatable bonds is 0. The minimum absolute atomic E-state index is 0.545. The van der Waals surface area contributed by atoms with E-state index in [2.05, 4.69) is 0 Å². The lowest BCUT2D eigenvalue weighted by Gasteiger charge is -2.14. The van der Waals surface area contributed by atoms with Crippen LogP contribution in [0, 0.1) is 11.8 Å². The monoisotopic (exact) mass is 124 g/mol. The van der Waals surface area contributed by atoms with Crippen molar-refractivity contribution in [1.82, 2.24) is 0 Å². The fraction of sp³-hybridized carbons (Fsp3) is 0.750. The molecule has 0 saturated heterocycles. The predicted molar refractivity (Wildman–Crippen MR) is 36.2 cm³/mol. The first-order valence-electron chi connectivity index (χ1n) is 3.75. The number of allylic oxidation sites excluding steroid dienone is 2. The van der Waals surface area contributed by atoms with Crippen LogP contribution in [-0.2, 0) is 0 Å². The summed E-state index contributed by atoms with van der Waals surface area (Å²) in [5.41, 5.74) is 0. The van der Waals surface area contributed by atoms with Gasteiger partial charge in [0.2, 0.25) is 0 Å². The van der Waals surface area contributed by atoms with Crippen molar-refractivity contribution in [3.05, 3.63) is 11.8 Å². The van der Waals surface area contributed by atoms with E-state index in [1.807, 2.05) is 6.08 Å². The van der Waals surface area contributed by atoms with Gasteiger partial charge in [-0.25, -0.2) is 0 Å². The Hall–Kier alpha value is -0.460. The zero-order valence-electron chi connectivity index (χ0n) is 5.51. The maximum Gasteiger partial charge on any atom is 0.0913 e. The molecule has 0 amide bonds. The summed E-state index contributed by atoms with van der Waals surface area (Å²) in [4.78, 5) is 0. The van der Waals surface area contributed by atoms with Crippen LogP contribution >= 0.6 is 0 Å². The van der Waals surface area contributed by atoms with E-state index in [1.54, 1.807) is 0 Å². The highest BCUT2D eigenvalue weighted by atomic mass is 16.3. The molecule has 2 atom stereocenters. The van der Waals surface area contributed by atoms with Crippen molar-refractivity contribution in [3.8, 4) is 0 Å². The van der Waals surface area contributed by atoms with Crippen LogP contribution in [0.1, 0.15) is 25.7 Å². The molecule has 2 rings (SSSR count). The fourth-order valence-corrected chi connectivity index (χ4v) is 2.01. The van der Waals surface area contributed by atoms with Crippen molar-refractivity contribution in [2.45, 2.75) is 25.7 Å². The first kappa shape index (κ1) is 5.33. The van der Waals surface area contributed by atoms with Gasteiger partial charge >= 0.3 is 0 Å². The van der Waals surface area contributed by atoms with Crippen molar-refractivity contribution in [2.24, 2.45) is 11.8 Å². The summed E-state index contributed by atoms with van der Waals surface area (Å²) in [5.74, 6) is 2.12. The predicted octanol–water partition coefficient (Wildman–Crippen LogP) is 2.25. The number of fused-ring (bicyclic) bond motifs is 2. The second-order valence-electron chi connectivity index (χ2n) is 3.24. The topological polar surface area (TPSA) is 20.2 Å². The third-order valence-corrected chi connectivity index (χ3v) is 2.62. The molecule has 2 aliphatic rings. The van der Waals surface area contributed by atoms with Gasteiger partial charge in [-0.1, -0.05) is 0 Å². The van der Waals surface area contributed by atoms with E-state index in [0.717, 1.165) is 12.3 Å². The molecule has 2 aliphatic carbocycles. The highest BCUT2D eigenvalue weighted by Gasteiger charge is 2.29. The average molecular weight is 124 g/mol. The lowest BCUT2D eigenvalue weighted by atomic mass is 9.94. The highest BCUT2D eigenvalue weighted by Crippen LogP contribution is 2.40. The summed E-state index contributed by atoms with van der Waals surface area (Å²) in [6, 6.07) is 0. The largest absolute Gasteiger partial charge is 0.512 e. The zero-order chi connectivity index (χ0) is 6.27. The minimum Gasteiger partial charge on any atom is -0.512 e. The van der Waals surface area contributed by atoms with Crippen LogP contribution in [0.4, 0.5) is 0 Å². The van der Waals surface area contributed by atoms with Gasteiger partial charge in [-0.05, 0) is 37.7 Å². The van der Waals surface area contributed by atoms with E-state index < -0.39 is 0 Å². The van der Waals surface area contributed by atoms with E-state index in [4.69, 9.17) is 0 Å². The lowest BCUT2D eigenvalue weighted by molar-refractivity contribution is 0.310. The molecule has 0 aliphatic heterocycles. The smallest absolute Gasteiger partial charge is 0.0913 e. The summed E-state index contributed by atoms with van der Waals surface area (Å²) in [5, 5.41) is 9.26. The Balaban J connectivity index is 2.21. The number of hydrogen-bond donors (Lipinski definition) is 1. The van der Waals surface area contributed by atoms with Gasteiger partial charge in [0.15, 0.2) is 0 Å². The first-order valence-corrected chi connectivity index (χ1v) is 3.75. The standard InChI is InChI=1S/C8H12O/c9-8-4-2-6-1-3-7(8)5-6/h4,6-7,9H,1-3,5H2. The molecular weight excluding hydrogens is 112 g/mol. The Morgan fingerprint density at radius 3 is 3.11 bits per heavy atom. The van der Waals surface area contributed by atoms with Gasteiger partial charge in [0.05, 0.1) is 5.76 Å². The van der Waals surface area contributed by atoms with Gasteiger partial charge in [-0.2, -0.15) is 0 Å². The molecule has 0 aromatic rings. The highest BCUT2D eigenvalue weighted by molar-refractivity contribution is 5.06. The Morgan fingerprint density at radius 1 is 1.44 bits per heavy atom. The normalized spacial score (nSPS) is 40.7. The van der Waals surface area contributed by atoms with E-state index in [1.165, 1.54) is 19.3 Å². The molecule has 1 saturated carbocycles. The molecule has 0 heterocycles. The van der Waals surface area contributed by atoms with E-state index in [9.17, 15) is 5.11 Å². The van der Waals surface area contributed by atoms with Gasteiger partial charge in [-0.3, -0.25) is 0 Å². The number of aliphatic hydroxyl groups excluding tert-OH is 1. The first-order chi connectivity index (χ1) is 4.36. The second-order valence-corrected chi connectivity index (χ2v) is 3.24. The average Bonchev–Trinajstić information content (AvgIpc) is 2.25. The third kappa shape index (κ3) is 0.752. The van der Waals surface area contributed by atoms with Crippen molar-refractivity contribution in [3.63, 3.8) is 0 Å². The van der Waals surface area contributed by atoms with Crippen LogP contribution in [0.5, 0.6) is 0 Å². The lowest BCUT2D eigenvalue weighted by Crippen LogP contribution is -2.04. The summed E-state index contributed by atoms with van der Waals surface area (Å²) in [6.07, 6.45) is 6.95. The van der Waals surface area contributed by atoms with Crippen molar-refractivity contribution < 1.29 is 5.11 Å². The molecule has 50 valence electrons. The van der Waals surface area contributed by atoms with E-state index >= 15 is 0 Å². The van der Waals surface area contributed by atoms with Gasteiger partial charge in [-0.15, -0.1) is 0 Å². The molecule has 2 unspecified atom stereocenters. The molecule has 1 N–H and O–H groups in total. The van der Waals surface area contributed by atoms with Gasteiger partial charge in [0.25, 0.3) is 0 Å². The Kier molecular flexibility index (Phi) is 1.04. The summed E-state index contributed by atoms with van der Waals surface area (Å²) in [7, 11) is 0. The number of aliphatic hydroxyl groups is 1. The Morgan fingerprint density at radius 2 is 2.33 bits per heavy atom.